The van der Waals surface area contributed by atoms with Crippen molar-refractivity contribution in [2.45, 2.75) is 60.0 Å². The average molecular weight is 460 g/mol. The predicted octanol–water partition coefficient (Wildman–Crippen LogP) is 4.81. The molecular formula is C27H33N5O2. The number of pyridine rings is 1. The molecule has 0 fully saturated rings. The third-order valence-electron chi connectivity index (χ3n) is 6.27. The molecule has 4 aromatic rings. The van der Waals surface area contributed by atoms with Gasteiger partial charge in [0.15, 0.2) is 0 Å². The van der Waals surface area contributed by atoms with Gasteiger partial charge in [-0.05, 0) is 69.0 Å². The van der Waals surface area contributed by atoms with Crippen LogP contribution in [0.4, 0.5) is 0 Å². The van der Waals surface area contributed by atoms with Gasteiger partial charge in [-0.15, -0.1) is 0 Å². The Labute approximate surface area is 199 Å². The minimum Gasteiger partial charge on any atom is -0.348 e. The lowest BCUT2D eigenvalue weighted by Gasteiger charge is -2.14. The molecule has 0 spiro atoms. The van der Waals surface area contributed by atoms with Crippen molar-refractivity contribution >= 4 is 16.8 Å². The van der Waals surface area contributed by atoms with E-state index in [2.05, 4.69) is 53.0 Å². The van der Waals surface area contributed by atoms with Gasteiger partial charge in [0.2, 0.25) is 0 Å². The van der Waals surface area contributed by atoms with Crippen LogP contribution in [0.2, 0.25) is 0 Å². The minimum absolute atomic E-state index is 0.139. The molecule has 34 heavy (non-hydrogen) atoms. The van der Waals surface area contributed by atoms with Crippen LogP contribution in [-0.4, -0.2) is 25.2 Å². The predicted molar refractivity (Wildman–Crippen MR) is 136 cm³/mol. The summed E-state index contributed by atoms with van der Waals surface area (Å²) in [5.74, 6) is -0.192. The molecule has 0 atom stereocenters. The molecule has 0 aliphatic rings. The summed E-state index contributed by atoms with van der Waals surface area (Å²) >= 11 is 0. The van der Waals surface area contributed by atoms with Crippen molar-refractivity contribution in [2.24, 2.45) is 7.05 Å². The van der Waals surface area contributed by atoms with Gasteiger partial charge in [0.25, 0.3) is 11.5 Å². The number of aromatic amines is 1. The molecule has 3 aromatic heterocycles. The molecule has 4 rings (SSSR count). The Morgan fingerprint density at radius 3 is 2.56 bits per heavy atom. The first-order valence-electron chi connectivity index (χ1n) is 11.8. The molecule has 0 unspecified atom stereocenters. The van der Waals surface area contributed by atoms with E-state index in [4.69, 9.17) is 0 Å². The number of benzene rings is 1. The van der Waals surface area contributed by atoms with E-state index < -0.39 is 0 Å². The summed E-state index contributed by atoms with van der Waals surface area (Å²) in [7, 11) is 1.88. The van der Waals surface area contributed by atoms with Crippen LogP contribution in [0.15, 0.2) is 41.6 Å². The molecule has 7 heteroatoms. The van der Waals surface area contributed by atoms with E-state index in [0.717, 1.165) is 51.7 Å². The topological polar surface area (TPSA) is 84.7 Å². The Morgan fingerprint density at radius 2 is 1.91 bits per heavy atom. The Balaban J connectivity index is 1.78. The number of carbonyl (C=O) groups excluding carboxylic acids is 1. The monoisotopic (exact) mass is 459 g/mol. The maximum absolute atomic E-state index is 13.5. The highest BCUT2D eigenvalue weighted by molar-refractivity contribution is 6.09. The molecule has 0 saturated carbocycles. The Morgan fingerprint density at radius 1 is 1.15 bits per heavy atom. The second-order valence-corrected chi connectivity index (χ2v) is 9.35. The standard InChI is InChI=1S/C27H33N5O2/c1-7-8-19-9-18(5)30-27(34)23(19)13-28-26(33)22-10-20(21-12-29-31(6)15-21)11-24-25(22)17(4)14-32(24)16(2)3/h9-12,14-16H,7-8,13H2,1-6H3,(H,28,33)(H,30,34). The van der Waals surface area contributed by atoms with Crippen LogP contribution in [0.3, 0.4) is 0 Å². The zero-order valence-electron chi connectivity index (χ0n) is 20.8. The van der Waals surface area contributed by atoms with Crippen molar-refractivity contribution < 1.29 is 4.79 Å². The number of amides is 1. The van der Waals surface area contributed by atoms with Crippen LogP contribution in [-0.2, 0) is 20.0 Å². The molecule has 0 saturated heterocycles. The highest BCUT2D eigenvalue weighted by Crippen LogP contribution is 2.32. The molecular weight excluding hydrogens is 426 g/mol. The smallest absolute Gasteiger partial charge is 0.253 e. The van der Waals surface area contributed by atoms with Gasteiger partial charge in [0.05, 0.1) is 6.20 Å². The first-order chi connectivity index (χ1) is 16.2. The summed E-state index contributed by atoms with van der Waals surface area (Å²) in [5, 5.41) is 8.26. The van der Waals surface area contributed by atoms with Crippen molar-refractivity contribution in [1.82, 2.24) is 24.6 Å². The number of aryl methyl sites for hydroxylation is 4. The molecule has 2 N–H and O–H groups in total. The molecule has 1 aromatic carbocycles. The number of nitrogens with zero attached hydrogens (tertiary/aromatic N) is 3. The largest absolute Gasteiger partial charge is 0.348 e. The highest BCUT2D eigenvalue weighted by Gasteiger charge is 2.20. The highest BCUT2D eigenvalue weighted by atomic mass is 16.1. The van der Waals surface area contributed by atoms with Crippen molar-refractivity contribution in [3.63, 3.8) is 0 Å². The first-order valence-corrected chi connectivity index (χ1v) is 11.8. The third kappa shape index (κ3) is 4.42. The minimum atomic E-state index is -0.192. The number of aromatic nitrogens is 4. The lowest BCUT2D eigenvalue weighted by Crippen LogP contribution is -2.28. The van der Waals surface area contributed by atoms with Crippen LogP contribution >= 0.6 is 0 Å². The molecule has 1 amide bonds. The second-order valence-electron chi connectivity index (χ2n) is 9.35. The van der Waals surface area contributed by atoms with Crippen LogP contribution < -0.4 is 10.9 Å². The molecule has 7 nitrogen and oxygen atoms in total. The summed E-state index contributed by atoms with van der Waals surface area (Å²) in [6, 6.07) is 6.30. The summed E-state index contributed by atoms with van der Waals surface area (Å²) < 4.78 is 3.95. The zero-order valence-corrected chi connectivity index (χ0v) is 20.8. The van der Waals surface area contributed by atoms with Crippen LogP contribution in [0.25, 0.3) is 22.0 Å². The van der Waals surface area contributed by atoms with Gasteiger partial charge < -0.3 is 14.9 Å². The van der Waals surface area contributed by atoms with Crippen LogP contribution in [0, 0.1) is 13.8 Å². The van der Waals surface area contributed by atoms with Crippen molar-refractivity contribution in [1.29, 1.82) is 0 Å². The Bertz CT molecular complexity index is 1420. The maximum atomic E-state index is 13.5. The van der Waals surface area contributed by atoms with E-state index in [1.807, 2.05) is 39.2 Å². The molecule has 0 aliphatic heterocycles. The summed E-state index contributed by atoms with van der Waals surface area (Å²) in [5.41, 5.74) is 6.86. The molecule has 178 valence electrons. The van der Waals surface area contributed by atoms with Crippen LogP contribution in [0.1, 0.15) is 66.0 Å². The number of carbonyl (C=O) groups is 1. The fraction of sp³-hybridized carbons (Fsp3) is 0.370. The summed E-state index contributed by atoms with van der Waals surface area (Å²) in [6.07, 6.45) is 7.58. The summed E-state index contributed by atoms with van der Waals surface area (Å²) in [4.78, 5) is 29.1. The van der Waals surface area contributed by atoms with Gasteiger partial charge in [-0.1, -0.05) is 13.3 Å². The van der Waals surface area contributed by atoms with Crippen molar-refractivity contribution in [3.8, 4) is 11.1 Å². The number of rotatable bonds is 7. The van der Waals surface area contributed by atoms with Crippen LogP contribution in [0.5, 0.6) is 0 Å². The van der Waals surface area contributed by atoms with E-state index in [1.165, 1.54) is 0 Å². The van der Waals surface area contributed by atoms with Gasteiger partial charge in [0.1, 0.15) is 0 Å². The number of hydrogen-bond donors (Lipinski definition) is 2. The van der Waals surface area contributed by atoms with Crippen molar-refractivity contribution in [3.05, 3.63) is 75.1 Å². The molecule has 0 radical (unpaired) electrons. The van der Waals surface area contributed by atoms with Gasteiger partial charge in [-0.3, -0.25) is 14.3 Å². The quantitative estimate of drug-likeness (QED) is 0.416. The van der Waals surface area contributed by atoms with Gasteiger partial charge >= 0.3 is 0 Å². The molecule has 0 aliphatic carbocycles. The Kier molecular flexibility index (Phi) is 6.46. The van der Waals surface area contributed by atoms with Crippen molar-refractivity contribution in [2.75, 3.05) is 0 Å². The third-order valence-corrected chi connectivity index (χ3v) is 6.27. The van der Waals surface area contributed by atoms with Gasteiger partial charge in [-0.25, -0.2) is 0 Å². The number of hydrogen-bond acceptors (Lipinski definition) is 3. The van der Waals surface area contributed by atoms with E-state index >= 15 is 0 Å². The average Bonchev–Trinajstić information content (AvgIpc) is 3.36. The molecule has 3 heterocycles. The zero-order chi connectivity index (χ0) is 24.6. The SMILES string of the molecule is CCCc1cc(C)[nH]c(=O)c1CNC(=O)c1cc(-c2cnn(C)c2)cc2c1c(C)cn2C(C)C. The van der Waals surface area contributed by atoms with E-state index in [0.29, 0.717) is 11.1 Å². The van der Waals surface area contributed by atoms with E-state index in [9.17, 15) is 9.59 Å². The van der Waals surface area contributed by atoms with E-state index in [1.54, 1.807) is 10.9 Å². The first kappa shape index (κ1) is 23.5. The summed E-state index contributed by atoms with van der Waals surface area (Å²) in [6.45, 7) is 10.5. The fourth-order valence-electron chi connectivity index (χ4n) is 4.67. The number of fused-ring (bicyclic) bond motifs is 1. The normalized spacial score (nSPS) is 11.5. The lowest BCUT2D eigenvalue weighted by atomic mass is 9.99. The Hall–Kier alpha value is -3.61. The fourth-order valence-corrected chi connectivity index (χ4v) is 4.67. The van der Waals surface area contributed by atoms with Gasteiger partial charge in [0, 0.05) is 65.3 Å². The maximum Gasteiger partial charge on any atom is 0.253 e. The van der Waals surface area contributed by atoms with Gasteiger partial charge in [-0.2, -0.15) is 5.10 Å². The number of nitrogens with one attached hydrogen (secondary N) is 2. The lowest BCUT2D eigenvalue weighted by molar-refractivity contribution is 0.0952. The van der Waals surface area contributed by atoms with E-state index in [-0.39, 0.29) is 24.1 Å². The number of H-pyrrole nitrogens is 1. The second kappa shape index (κ2) is 9.33. The molecule has 0 bridgehead atoms.